The zero-order chi connectivity index (χ0) is 12.8. The Morgan fingerprint density at radius 3 is 2.76 bits per heavy atom. The first kappa shape index (κ1) is 13.4. The molecule has 1 aromatic rings. The maximum absolute atomic E-state index is 11.5. The highest BCUT2D eigenvalue weighted by atomic mass is 16.2. The molecule has 1 aromatic heterocycles. The van der Waals surface area contributed by atoms with Gasteiger partial charge in [-0.25, -0.2) is 10.8 Å². The molecule has 1 heterocycles. The Bertz CT molecular complexity index is 380. The van der Waals surface area contributed by atoms with E-state index in [0.29, 0.717) is 18.9 Å². The van der Waals surface area contributed by atoms with Crippen LogP contribution in [0.5, 0.6) is 0 Å². The lowest BCUT2D eigenvalue weighted by atomic mass is 10.2. The number of nitrogen functional groups attached to an aromatic ring is 1. The summed E-state index contributed by atoms with van der Waals surface area (Å²) in [5.74, 6) is 5.99. The number of anilines is 1. The van der Waals surface area contributed by atoms with E-state index < -0.39 is 0 Å². The Balaban J connectivity index is 2.55. The van der Waals surface area contributed by atoms with Crippen molar-refractivity contribution in [3.05, 3.63) is 23.9 Å². The first-order valence-electron chi connectivity index (χ1n) is 5.33. The van der Waals surface area contributed by atoms with Gasteiger partial charge >= 0.3 is 0 Å². The lowest BCUT2D eigenvalue weighted by molar-refractivity contribution is -0.129. The van der Waals surface area contributed by atoms with E-state index in [0.717, 1.165) is 5.56 Å². The molecule has 94 valence electrons. The van der Waals surface area contributed by atoms with Crippen LogP contribution >= 0.6 is 0 Å². The molecule has 1 amide bonds. The second-order valence-electron chi connectivity index (χ2n) is 4.15. The summed E-state index contributed by atoms with van der Waals surface area (Å²) < 4.78 is 0. The van der Waals surface area contributed by atoms with Crippen LogP contribution in [0.4, 0.5) is 5.82 Å². The summed E-state index contributed by atoms with van der Waals surface area (Å²) in [6.07, 6.45) is 1.69. The molecule has 3 N–H and O–H groups in total. The van der Waals surface area contributed by atoms with Crippen LogP contribution < -0.4 is 11.3 Å². The Kier molecular flexibility index (Phi) is 4.86. The monoisotopic (exact) mass is 237 g/mol. The van der Waals surface area contributed by atoms with Gasteiger partial charge in [-0.15, -0.1) is 0 Å². The molecule has 17 heavy (non-hydrogen) atoms. The number of carbonyl (C=O) groups excluding carboxylic acids is 1. The number of carbonyl (C=O) groups is 1. The summed E-state index contributed by atoms with van der Waals surface area (Å²) in [4.78, 5) is 19.1. The number of hydrogen-bond acceptors (Lipinski definition) is 5. The average molecular weight is 237 g/mol. The van der Waals surface area contributed by atoms with Crippen LogP contribution in [-0.2, 0) is 11.3 Å². The number of rotatable bonds is 5. The van der Waals surface area contributed by atoms with Gasteiger partial charge in [-0.3, -0.25) is 9.69 Å². The lowest BCUT2D eigenvalue weighted by Gasteiger charge is -2.19. The Morgan fingerprint density at radius 1 is 1.47 bits per heavy atom. The highest BCUT2D eigenvalue weighted by Gasteiger charge is 2.08. The SMILES string of the molecule is CN(CC(=O)N(C)C)Cc1ccnc(NN)c1. The van der Waals surface area contributed by atoms with Crippen molar-refractivity contribution in [1.29, 1.82) is 0 Å². The largest absolute Gasteiger partial charge is 0.348 e. The van der Waals surface area contributed by atoms with Crippen molar-refractivity contribution in [2.45, 2.75) is 6.54 Å². The van der Waals surface area contributed by atoms with E-state index in [9.17, 15) is 4.79 Å². The number of nitrogens with zero attached hydrogens (tertiary/aromatic N) is 3. The maximum atomic E-state index is 11.5. The number of nitrogens with two attached hydrogens (primary N) is 1. The third-order valence-corrected chi connectivity index (χ3v) is 2.33. The summed E-state index contributed by atoms with van der Waals surface area (Å²) in [6.45, 7) is 1.07. The van der Waals surface area contributed by atoms with Crippen molar-refractivity contribution in [2.75, 3.05) is 33.1 Å². The zero-order valence-corrected chi connectivity index (χ0v) is 10.5. The molecule has 0 aliphatic carbocycles. The van der Waals surface area contributed by atoms with Gasteiger partial charge in [0.15, 0.2) is 0 Å². The minimum Gasteiger partial charge on any atom is -0.348 e. The standard InChI is InChI=1S/C11H19N5O/c1-15(2)11(17)8-16(3)7-9-4-5-13-10(6-9)14-12/h4-6H,7-8,12H2,1-3H3,(H,13,14). The van der Waals surface area contributed by atoms with Crippen molar-refractivity contribution in [3.63, 3.8) is 0 Å². The van der Waals surface area contributed by atoms with Gasteiger partial charge in [0.2, 0.25) is 5.91 Å². The van der Waals surface area contributed by atoms with E-state index in [-0.39, 0.29) is 5.91 Å². The van der Waals surface area contributed by atoms with E-state index in [4.69, 9.17) is 5.84 Å². The number of aromatic nitrogens is 1. The number of pyridine rings is 1. The molecule has 0 unspecified atom stereocenters. The smallest absolute Gasteiger partial charge is 0.236 e. The van der Waals surface area contributed by atoms with Gasteiger partial charge in [0, 0.05) is 26.8 Å². The van der Waals surface area contributed by atoms with Gasteiger partial charge in [0.05, 0.1) is 6.54 Å². The normalized spacial score (nSPS) is 10.4. The van der Waals surface area contributed by atoms with E-state index in [2.05, 4.69) is 10.4 Å². The molecule has 0 radical (unpaired) electrons. The zero-order valence-electron chi connectivity index (χ0n) is 10.5. The molecule has 0 fully saturated rings. The number of amides is 1. The average Bonchev–Trinajstić information content (AvgIpc) is 2.28. The van der Waals surface area contributed by atoms with Crippen molar-refractivity contribution in [2.24, 2.45) is 5.84 Å². The van der Waals surface area contributed by atoms with Gasteiger partial charge in [0.25, 0.3) is 0 Å². The predicted molar refractivity (Wildman–Crippen MR) is 67.1 cm³/mol. The van der Waals surface area contributed by atoms with E-state index >= 15 is 0 Å². The molecule has 0 spiro atoms. The van der Waals surface area contributed by atoms with Crippen LogP contribution in [0, 0.1) is 0 Å². The van der Waals surface area contributed by atoms with E-state index in [1.165, 1.54) is 0 Å². The number of likely N-dealkylation sites (N-methyl/N-ethyl adjacent to an activating group) is 2. The Labute approximate surface area is 101 Å². The summed E-state index contributed by atoms with van der Waals surface area (Å²) in [7, 11) is 5.40. The highest BCUT2D eigenvalue weighted by Crippen LogP contribution is 2.07. The minimum atomic E-state index is 0.0822. The molecule has 6 heteroatoms. The van der Waals surface area contributed by atoms with Crippen molar-refractivity contribution < 1.29 is 4.79 Å². The molecular formula is C11H19N5O. The Morgan fingerprint density at radius 2 is 2.18 bits per heavy atom. The fraction of sp³-hybridized carbons (Fsp3) is 0.455. The van der Waals surface area contributed by atoms with Crippen LogP contribution in [0.2, 0.25) is 0 Å². The Hall–Kier alpha value is -1.66. The third kappa shape index (κ3) is 4.38. The third-order valence-electron chi connectivity index (χ3n) is 2.33. The summed E-state index contributed by atoms with van der Waals surface area (Å²) in [5, 5.41) is 0. The van der Waals surface area contributed by atoms with Gasteiger partial charge < -0.3 is 10.3 Å². The second kappa shape index (κ2) is 6.17. The van der Waals surface area contributed by atoms with Crippen LogP contribution in [-0.4, -0.2) is 48.4 Å². The lowest BCUT2D eigenvalue weighted by Crippen LogP contribution is -2.34. The summed E-state index contributed by atoms with van der Waals surface area (Å²) in [5.41, 5.74) is 3.55. The first-order valence-corrected chi connectivity index (χ1v) is 5.33. The second-order valence-corrected chi connectivity index (χ2v) is 4.15. The van der Waals surface area contributed by atoms with Crippen molar-refractivity contribution in [3.8, 4) is 0 Å². The topological polar surface area (TPSA) is 74.5 Å². The van der Waals surface area contributed by atoms with Gasteiger partial charge in [-0.1, -0.05) is 0 Å². The fourth-order valence-corrected chi connectivity index (χ4v) is 1.39. The summed E-state index contributed by atoms with van der Waals surface area (Å²) >= 11 is 0. The molecule has 0 saturated carbocycles. The number of hydrogen-bond donors (Lipinski definition) is 2. The number of hydrazine groups is 1. The molecule has 0 bridgehead atoms. The van der Waals surface area contributed by atoms with E-state index in [1.807, 2.05) is 24.1 Å². The molecule has 0 saturated heterocycles. The van der Waals surface area contributed by atoms with E-state index in [1.54, 1.807) is 25.2 Å². The molecule has 6 nitrogen and oxygen atoms in total. The van der Waals surface area contributed by atoms with Gasteiger partial charge in [-0.2, -0.15) is 0 Å². The molecule has 0 atom stereocenters. The highest BCUT2D eigenvalue weighted by molar-refractivity contribution is 5.77. The quantitative estimate of drug-likeness (QED) is 0.552. The summed E-state index contributed by atoms with van der Waals surface area (Å²) in [6, 6.07) is 3.76. The maximum Gasteiger partial charge on any atom is 0.236 e. The number of nitrogens with one attached hydrogen (secondary N) is 1. The van der Waals surface area contributed by atoms with Gasteiger partial charge in [-0.05, 0) is 24.7 Å². The van der Waals surface area contributed by atoms with Crippen LogP contribution in [0.1, 0.15) is 5.56 Å². The molecule has 0 aromatic carbocycles. The molecule has 0 aliphatic rings. The molecule has 0 aliphatic heterocycles. The minimum absolute atomic E-state index is 0.0822. The predicted octanol–water partition coefficient (Wildman–Crippen LogP) is -0.113. The molecular weight excluding hydrogens is 218 g/mol. The van der Waals surface area contributed by atoms with Gasteiger partial charge in [0.1, 0.15) is 5.82 Å². The molecule has 1 rings (SSSR count). The van der Waals surface area contributed by atoms with Crippen molar-refractivity contribution >= 4 is 11.7 Å². The van der Waals surface area contributed by atoms with Crippen molar-refractivity contribution in [1.82, 2.24) is 14.8 Å². The van der Waals surface area contributed by atoms with Crippen LogP contribution in [0.15, 0.2) is 18.3 Å². The van der Waals surface area contributed by atoms with Crippen LogP contribution in [0.3, 0.4) is 0 Å². The first-order chi connectivity index (χ1) is 8.02. The fourth-order valence-electron chi connectivity index (χ4n) is 1.39. The van der Waals surface area contributed by atoms with Crippen LogP contribution in [0.25, 0.3) is 0 Å².